The Bertz CT molecular complexity index is 818. The van der Waals surface area contributed by atoms with Crippen LogP contribution in [0, 0.1) is 5.82 Å². The summed E-state index contributed by atoms with van der Waals surface area (Å²) in [5.74, 6) is 0.223. The molecular weight excluding hydrogens is 374 g/mol. The number of hydrogen-bond donors (Lipinski definition) is 2. The molecule has 0 aliphatic rings. The first-order valence-electron chi connectivity index (χ1n) is 8.70. The SMILES string of the molecule is CCNC(=NCc1ccnc(N(C)C)c1)NCc1ccc(F)cc1C(F)(F)F. The first-order valence-corrected chi connectivity index (χ1v) is 8.70. The summed E-state index contributed by atoms with van der Waals surface area (Å²) in [6.45, 7) is 2.59. The summed E-state index contributed by atoms with van der Waals surface area (Å²) in [6.07, 6.45) is -2.96. The quantitative estimate of drug-likeness (QED) is 0.445. The lowest BCUT2D eigenvalue weighted by molar-refractivity contribution is -0.138. The fourth-order valence-electron chi connectivity index (χ4n) is 2.46. The van der Waals surface area contributed by atoms with Crippen molar-refractivity contribution in [2.45, 2.75) is 26.2 Å². The molecule has 28 heavy (non-hydrogen) atoms. The third-order valence-corrected chi connectivity index (χ3v) is 3.86. The van der Waals surface area contributed by atoms with Crippen LogP contribution in [0.4, 0.5) is 23.4 Å². The largest absolute Gasteiger partial charge is 0.416 e. The molecule has 0 atom stereocenters. The zero-order chi connectivity index (χ0) is 20.7. The van der Waals surface area contributed by atoms with Crippen LogP contribution in [0.3, 0.4) is 0 Å². The summed E-state index contributed by atoms with van der Waals surface area (Å²) in [5, 5.41) is 5.85. The standard InChI is InChI=1S/C19H23F4N5/c1-4-24-18(26-11-13-7-8-25-17(9-13)28(2)3)27-12-14-5-6-15(20)10-16(14)19(21,22)23/h5-10H,4,11-12H2,1-3H3,(H2,24,26,27). The number of anilines is 1. The van der Waals surface area contributed by atoms with Gasteiger partial charge >= 0.3 is 6.18 Å². The second-order valence-electron chi connectivity index (χ2n) is 6.26. The molecule has 2 N–H and O–H groups in total. The molecule has 2 rings (SSSR count). The van der Waals surface area contributed by atoms with Crippen molar-refractivity contribution in [1.82, 2.24) is 15.6 Å². The van der Waals surface area contributed by atoms with E-state index in [2.05, 4.69) is 20.6 Å². The van der Waals surface area contributed by atoms with Crippen molar-refractivity contribution in [3.8, 4) is 0 Å². The van der Waals surface area contributed by atoms with Gasteiger partial charge in [0, 0.05) is 33.4 Å². The first kappa shape index (κ1) is 21.5. The van der Waals surface area contributed by atoms with Crippen molar-refractivity contribution in [1.29, 1.82) is 0 Å². The van der Waals surface area contributed by atoms with Crippen molar-refractivity contribution in [3.63, 3.8) is 0 Å². The third-order valence-electron chi connectivity index (χ3n) is 3.86. The molecule has 0 aliphatic heterocycles. The number of guanidine groups is 1. The van der Waals surface area contributed by atoms with Crippen LogP contribution in [-0.4, -0.2) is 31.6 Å². The van der Waals surface area contributed by atoms with E-state index in [1.54, 1.807) is 6.20 Å². The highest BCUT2D eigenvalue weighted by Gasteiger charge is 2.33. The van der Waals surface area contributed by atoms with E-state index in [9.17, 15) is 17.6 Å². The number of aromatic nitrogens is 1. The van der Waals surface area contributed by atoms with Gasteiger partial charge in [0.25, 0.3) is 0 Å². The summed E-state index contributed by atoms with van der Waals surface area (Å²) in [6, 6.07) is 6.34. The minimum absolute atomic E-state index is 0.0571. The molecule has 152 valence electrons. The van der Waals surface area contributed by atoms with Gasteiger partial charge in [-0.25, -0.2) is 14.4 Å². The monoisotopic (exact) mass is 397 g/mol. The molecule has 1 aromatic carbocycles. The molecule has 0 saturated heterocycles. The topological polar surface area (TPSA) is 52.6 Å². The number of aliphatic imine (C=N–C) groups is 1. The summed E-state index contributed by atoms with van der Waals surface area (Å²) < 4.78 is 52.6. The smallest absolute Gasteiger partial charge is 0.363 e. The molecular formula is C19H23F4N5. The van der Waals surface area contributed by atoms with Crippen molar-refractivity contribution >= 4 is 11.8 Å². The highest BCUT2D eigenvalue weighted by molar-refractivity contribution is 5.79. The van der Waals surface area contributed by atoms with Gasteiger partial charge in [-0.1, -0.05) is 6.07 Å². The van der Waals surface area contributed by atoms with E-state index in [0.717, 1.165) is 23.5 Å². The van der Waals surface area contributed by atoms with E-state index in [1.807, 2.05) is 38.1 Å². The van der Waals surface area contributed by atoms with Crippen LogP contribution >= 0.6 is 0 Å². The molecule has 0 aliphatic carbocycles. The molecule has 5 nitrogen and oxygen atoms in total. The van der Waals surface area contributed by atoms with Crippen molar-refractivity contribution in [2.24, 2.45) is 4.99 Å². The van der Waals surface area contributed by atoms with Gasteiger partial charge in [0.2, 0.25) is 0 Å². The van der Waals surface area contributed by atoms with E-state index in [-0.39, 0.29) is 12.1 Å². The number of pyridine rings is 1. The Morgan fingerprint density at radius 1 is 1.14 bits per heavy atom. The molecule has 0 fully saturated rings. The maximum absolute atomic E-state index is 13.2. The molecule has 0 radical (unpaired) electrons. The molecule has 0 spiro atoms. The molecule has 2 aromatic rings. The number of hydrogen-bond acceptors (Lipinski definition) is 3. The van der Waals surface area contributed by atoms with Gasteiger partial charge in [-0.2, -0.15) is 13.2 Å². The second-order valence-corrected chi connectivity index (χ2v) is 6.26. The average Bonchev–Trinajstić information content (AvgIpc) is 2.64. The van der Waals surface area contributed by atoms with Crippen LogP contribution < -0.4 is 15.5 Å². The molecule has 9 heteroatoms. The first-order chi connectivity index (χ1) is 13.2. The minimum atomic E-state index is -4.63. The number of nitrogens with zero attached hydrogens (tertiary/aromatic N) is 3. The van der Waals surface area contributed by atoms with E-state index < -0.39 is 17.6 Å². The van der Waals surface area contributed by atoms with Gasteiger partial charge in [-0.3, -0.25) is 0 Å². The fraction of sp³-hybridized carbons (Fsp3) is 0.368. The third kappa shape index (κ3) is 6.11. The van der Waals surface area contributed by atoms with Crippen molar-refractivity contribution in [2.75, 3.05) is 25.5 Å². The fourth-order valence-corrected chi connectivity index (χ4v) is 2.46. The number of halogens is 4. The maximum atomic E-state index is 13.2. The summed E-state index contributed by atoms with van der Waals surface area (Å²) in [7, 11) is 3.75. The van der Waals surface area contributed by atoms with Gasteiger partial charge < -0.3 is 15.5 Å². The zero-order valence-corrected chi connectivity index (χ0v) is 15.9. The van der Waals surface area contributed by atoms with Crippen LogP contribution in [0.2, 0.25) is 0 Å². The van der Waals surface area contributed by atoms with Crippen LogP contribution in [0.1, 0.15) is 23.6 Å². The lowest BCUT2D eigenvalue weighted by atomic mass is 10.1. The second kappa shape index (κ2) is 9.38. The molecule has 0 amide bonds. The Morgan fingerprint density at radius 3 is 2.54 bits per heavy atom. The Balaban J connectivity index is 2.13. The molecule has 0 saturated carbocycles. The highest BCUT2D eigenvalue weighted by atomic mass is 19.4. The molecule has 0 unspecified atom stereocenters. The lowest BCUT2D eigenvalue weighted by Crippen LogP contribution is -2.37. The van der Waals surface area contributed by atoms with Gasteiger partial charge in [-0.15, -0.1) is 0 Å². The Labute approximate surface area is 161 Å². The number of nitrogens with one attached hydrogen (secondary N) is 2. The van der Waals surface area contributed by atoms with Crippen LogP contribution in [-0.2, 0) is 19.3 Å². The predicted molar refractivity (Wildman–Crippen MR) is 102 cm³/mol. The number of benzene rings is 1. The predicted octanol–water partition coefficient (Wildman–Crippen LogP) is 3.56. The normalized spacial score (nSPS) is 12.0. The van der Waals surface area contributed by atoms with Crippen LogP contribution in [0.15, 0.2) is 41.5 Å². The van der Waals surface area contributed by atoms with Crippen LogP contribution in [0.25, 0.3) is 0 Å². The minimum Gasteiger partial charge on any atom is -0.363 e. The Kier molecular flexibility index (Phi) is 7.19. The Hall–Kier alpha value is -2.84. The van der Waals surface area contributed by atoms with E-state index in [1.165, 1.54) is 0 Å². The van der Waals surface area contributed by atoms with Gasteiger partial charge in [0.15, 0.2) is 5.96 Å². The Morgan fingerprint density at radius 2 is 1.89 bits per heavy atom. The number of rotatable bonds is 6. The zero-order valence-electron chi connectivity index (χ0n) is 15.9. The molecule has 1 aromatic heterocycles. The van der Waals surface area contributed by atoms with Crippen LogP contribution in [0.5, 0.6) is 0 Å². The van der Waals surface area contributed by atoms with E-state index >= 15 is 0 Å². The van der Waals surface area contributed by atoms with E-state index in [4.69, 9.17) is 0 Å². The summed E-state index contributed by atoms with van der Waals surface area (Å²) in [5.41, 5.74) is -0.146. The van der Waals surface area contributed by atoms with Gasteiger partial charge in [0.05, 0.1) is 12.1 Å². The van der Waals surface area contributed by atoms with Gasteiger partial charge in [-0.05, 0) is 42.3 Å². The summed E-state index contributed by atoms with van der Waals surface area (Å²) in [4.78, 5) is 10.5. The average molecular weight is 397 g/mol. The summed E-state index contributed by atoms with van der Waals surface area (Å²) >= 11 is 0. The number of alkyl halides is 3. The van der Waals surface area contributed by atoms with Gasteiger partial charge in [0.1, 0.15) is 11.6 Å². The maximum Gasteiger partial charge on any atom is 0.416 e. The highest BCUT2D eigenvalue weighted by Crippen LogP contribution is 2.32. The molecule has 1 heterocycles. The molecule has 0 bridgehead atoms. The van der Waals surface area contributed by atoms with E-state index in [0.29, 0.717) is 25.1 Å². The lowest BCUT2D eigenvalue weighted by Gasteiger charge is -2.16. The van der Waals surface area contributed by atoms with Crippen molar-refractivity contribution < 1.29 is 17.6 Å². The van der Waals surface area contributed by atoms with Crippen molar-refractivity contribution in [3.05, 3.63) is 59.0 Å².